The van der Waals surface area contributed by atoms with Crippen molar-refractivity contribution >= 4 is 34.7 Å². The molecule has 0 aliphatic carbocycles. The molecule has 0 radical (unpaired) electrons. The van der Waals surface area contributed by atoms with E-state index in [-0.39, 0.29) is 11.8 Å². The third-order valence-electron chi connectivity index (χ3n) is 4.22. The summed E-state index contributed by atoms with van der Waals surface area (Å²) in [5.41, 5.74) is 1.35. The van der Waals surface area contributed by atoms with Crippen LogP contribution in [0.5, 0.6) is 0 Å². The monoisotopic (exact) mass is 374 g/mol. The SMILES string of the molecule is Cn1cnnc1SCCNC(=O)C1CN(c2ncnc3c2nnn3C)C1. The summed E-state index contributed by atoms with van der Waals surface area (Å²) in [5.74, 6) is 1.49. The Morgan fingerprint density at radius 2 is 2.15 bits per heavy atom. The quantitative estimate of drug-likeness (QED) is 0.438. The van der Waals surface area contributed by atoms with E-state index in [1.54, 1.807) is 29.8 Å². The van der Waals surface area contributed by atoms with E-state index in [2.05, 4.69) is 35.8 Å². The number of aryl methyl sites for hydroxylation is 2. The molecule has 0 unspecified atom stereocenters. The molecule has 26 heavy (non-hydrogen) atoms. The first-order chi connectivity index (χ1) is 12.6. The standard InChI is InChI=1S/C14H18N10OS/c1-22-8-18-20-14(22)26-4-3-15-13(25)9-5-24(6-9)12-10-11(16-7-17-12)23(2)21-19-10/h7-9H,3-6H2,1-2H3,(H,15,25). The van der Waals surface area contributed by atoms with Gasteiger partial charge >= 0.3 is 0 Å². The molecule has 0 saturated carbocycles. The molecule has 0 bridgehead atoms. The number of nitrogens with zero attached hydrogens (tertiary/aromatic N) is 9. The van der Waals surface area contributed by atoms with Crippen LogP contribution in [0.4, 0.5) is 5.82 Å². The fourth-order valence-corrected chi connectivity index (χ4v) is 3.50. The lowest BCUT2D eigenvalue weighted by atomic mass is 9.99. The van der Waals surface area contributed by atoms with Crippen LogP contribution >= 0.6 is 11.8 Å². The summed E-state index contributed by atoms with van der Waals surface area (Å²) in [6, 6.07) is 0. The van der Waals surface area contributed by atoms with Crippen LogP contribution in [-0.4, -0.2) is 71.0 Å². The smallest absolute Gasteiger partial charge is 0.226 e. The van der Waals surface area contributed by atoms with Gasteiger partial charge in [-0.1, -0.05) is 17.0 Å². The average molecular weight is 374 g/mol. The maximum absolute atomic E-state index is 12.3. The van der Waals surface area contributed by atoms with Gasteiger partial charge in [0.1, 0.15) is 12.7 Å². The fourth-order valence-electron chi connectivity index (χ4n) is 2.75. The molecule has 12 heteroatoms. The Bertz CT molecular complexity index is 931. The van der Waals surface area contributed by atoms with Crippen molar-refractivity contribution < 1.29 is 4.79 Å². The minimum absolute atomic E-state index is 0.0449. The Kier molecular flexibility index (Phi) is 4.41. The molecule has 1 aliphatic rings. The van der Waals surface area contributed by atoms with E-state index in [0.29, 0.717) is 30.8 Å². The number of fused-ring (bicyclic) bond motifs is 1. The summed E-state index contributed by atoms with van der Waals surface area (Å²) in [6.07, 6.45) is 3.16. The summed E-state index contributed by atoms with van der Waals surface area (Å²) in [7, 11) is 3.68. The Labute approximate surface area is 153 Å². The van der Waals surface area contributed by atoms with Crippen LogP contribution in [0.1, 0.15) is 0 Å². The summed E-state index contributed by atoms with van der Waals surface area (Å²) >= 11 is 1.56. The lowest BCUT2D eigenvalue weighted by Gasteiger charge is -2.38. The van der Waals surface area contributed by atoms with Crippen LogP contribution in [0.15, 0.2) is 17.8 Å². The second-order valence-corrected chi connectivity index (χ2v) is 7.11. The van der Waals surface area contributed by atoms with Crippen LogP contribution in [0.2, 0.25) is 0 Å². The number of anilines is 1. The third kappa shape index (κ3) is 3.07. The molecule has 11 nitrogen and oxygen atoms in total. The van der Waals surface area contributed by atoms with E-state index in [0.717, 1.165) is 16.7 Å². The van der Waals surface area contributed by atoms with Crippen molar-refractivity contribution in [3.05, 3.63) is 12.7 Å². The molecule has 136 valence electrons. The molecule has 3 aromatic heterocycles. The van der Waals surface area contributed by atoms with Crippen molar-refractivity contribution in [3.8, 4) is 0 Å². The number of carbonyl (C=O) groups is 1. The summed E-state index contributed by atoms with van der Waals surface area (Å²) in [5, 5.41) is 19.7. The van der Waals surface area contributed by atoms with E-state index < -0.39 is 0 Å². The highest BCUT2D eigenvalue weighted by atomic mass is 32.2. The van der Waals surface area contributed by atoms with Gasteiger partial charge < -0.3 is 14.8 Å². The molecule has 0 aromatic carbocycles. The van der Waals surface area contributed by atoms with Crippen molar-refractivity contribution in [1.29, 1.82) is 0 Å². The van der Waals surface area contributed by atoms with Crippen LogP contribution in [0.3, 0.4) is 0 Å². The first-order valence-corrected chi connectivity index (χ1v) is 9.12. The zero-order valence-electron chi connectivity index (χ0n) is 14.4. The Morgan fingerprint density at radius 3 is 2.92 bits per heavy atom. The molecule has 4 rings (SSSR count). The normalized spacial score (nSPS) is 14.6. The summed E-state index contributed by atoms with van der Waals surface area (Å²) < 4.78 is 3.46. The van der Waals surface area contributed by atoms with Gasteiger partial charge in [0.15, 0.2) is 22.1 Å². The third-order valence-corrected chi connectivity index (χ3v) is 5.26. The second-order valence-electron chi connectivity index (χ2n) is 6.05. The van der Waals surface area contributed by atoms with E-state index in [1.807, 2.05) is 16.5 Å². The van der Waals surface area contributed by atoms with Crippen LogP contribution in [0.25, 0.3) is 11.2 Å². The number of carbonyl (C=O) groups excluding carboxylic acids is 1. The molecule has 1 N–H and O–H groups in total. The highest BCUT2D eigenvalue weighted by molar-refractivity contribution is 7.99. The number of nitrogens with one attached hydrogen (secondary N) is 1. The number of thioether (sulfide) groups is 1. The second kappa shape index (κ2) is 6.86. The maximum atomic E-state index is 12.3. The number of amides is 1. The van der Waals surface area contributed by atoms with Gasteiger partial charge in [-0.2, -0.15) is 0 Å². The zero-order valence-corrected chi connectivity index (χ0v) is 15.2. The molecular weight excluding hydrogens is 356 g/mol. The molecular formula is C14H18N10OS. The van der Waals surface area contributed by atoms with Crippen molar-refractivity contribution in [2.75, 3.05) is 30.3 Å². The number of aromatic nitrogens is 8. The predicted molar refractivity (Wildman–Crippen MR) is 94.5 cm³/mol. The number of hydrogen-bond donors (Lipinski definition) is 1. The van der Waals surface area contributed by atoms with Crippen LogP contribution < -0.4 is 10.2 Å². The molecule has 1 amide bonds. The van der Waals surface area contributed by atoms with Gasteiger partial charge in [-0.25, -0.2) is 14.6 Å². The Balaban J connectivity index is 1.26. The van der Waals surface area contributed by atoms with Gasteiger partial charge in [0.25, 0.3) is 0 Å². The summed E-state index contributed by atoms with van der Waals surface area (Å²) in [6.45, 7) is 1.82. The molecule has 3 aromatic rings. The number of hydrogen-bond acceptors (Lipinski definition) is 9. The molecule has 4 heterocycles. The predicted octanol–water partition coefficient (Wildman–Crippen LogP) is -0.768. The van der Waals surface area contributed by atoms with Gasteiger partial charge in [0.2, 0.25) is 5.91 Å². The van der Waals surface area contributed by atoms with E-state index in [9.17, 15) is 4.79 Å². The minimum atomic E-state index is -0.0449. The minimum Gasteiger partial charge on any atom is -0.355 e. The van der Waals surface area contributed by atoms with Crippen LogP contribution in [0, 0.1) is 5.92 Å². The highest BCUT2D eigenvalue weighted by Gasteiger charge is 2.34. The van der Waals surface area contributed by atoms with Crippen molar-refractivity contribution in [2.45, 2.75) is 5.16 Å². The highest BCUT2D eigenvalue weighted by Crippen LogP contribution is 2.27. The largest absolute Gasteiger partial charge is 0.355 e. The lowest BCUT2D eigenvalue weighted by Crippen LogP contribution is -2.54. The molecule has 0 spiro atoms. The maximum Gasteiger partial charge on any atom is 0.226 e. The van der Waals surface area contributed by atoms with Gasteiger partial charge in [0.05, 0.1) is 5.92 Å². The van der Waals surface area contributed by atoms with Gasteiger partial charge in [0, 0.05) is 39.5 Å². The first-order valence-electron chi connectivity index (χ1n) is 8.13. The Morgan fingerprint density at radius 1 is 1.31 bits per heavy atom. The molecule has 1 fully saturated rings. The molecule has 1 saturated heterocycles. The average Bonchev–Trinajstić information content (AvgIpc) is 3.17. The van der Waals surface area contributed by atoms with E-state index in [4.69, 9.17) is 0 Å². The fraction of sp³-hybridized carbons (Fsp3) is 0.500. The molecule has 0 atom stereocenters. The summed E-state index contributed by atoms with van der Waals surface area (Å²) in [4.78, 5) is 22.8. The Hall–Kier alpha value is -2.76. The van der Waals surface area contributed by atoms with Gasteiger partial charge in [-0.3, -0.25) is 4.79 Å². The zero-order chi connectivity index (χ0) is 18.1. The number of rotatable bonds is 6. The lowest BCUT2D eigenvalue weighted by molar-refractivity contribution is -0.125. The van der Waals surface area contributed by atoms with Crippen molar-refractivity contribution in [1.82, 2.24) is 45.0 Å². The van der Waals surface area contributed by atoms with Crippen LogP contribution in [-0.2, 0) is 18.9 Å². The van der Waals surface area contributed by atoms with Gasteiger partial charge in [-0.05, 0) is 0 Å². The van der Waals surface area contributed by atoms with E-state index in [1.165, 1.54) is 6.33 Å². The molecule has 1 aliphatic heterocycles. The van der Waals surface area contributed by atoms with E-state index >= 15 is 0 Å². The van der Waals surface area contributed by atoms with Crippen molar-refractivity contribution in [2.24, 2.45) is 20.0 Å². The first kappa shape index (κ1) is 16.7. The van der Waals surface area contributed by atoms with Gasteiger partial charge in [-0.15, -0.1) is 15.3 Å². The van der Waals surface area contributed by atoms with Crippen molar-refractivity contribution in [3.63, 3.8) is 0 Å². The topological polar surface area (TPSA) is 120 Å².